The first-order valence-corrected chi connectivity index (χ1v) is 11.3. The fourth-order valence-electron chi connectivity index (χ4n) is 2.83. The monoisotopic (exact) mass is 440 g/mol. The Morgan fingerprint density at radius 2 is 1.81 bits per heavy atom. The summed E-state index contributed by atoms with van der Waals surface area (Å²) in [5.41, 5.74) is 1.21. The molecule has 0 spiro atoms. The third-order valence-electron chi connectivity index (χ3n) is 4.29. The summed E-state index contributed by atoms with van der Waals surface area (Å²) in [7, 11) is -3.90. The summed E-state index contributed by atoms with van der Waals surface area (Å²) in [6.45, 7) is 1.82. The lowest BCUT2D eigenvalue weighted by molar-refractivity contribution is -0.116. The minimum atomic E-state index is -3.90. The quantitative estimate of drug-likeness (QED) is 0.512. The van der Waals surface area contributed by atoms with Crippen LogP contribution in [-0.2, 0) is 21.4 Å². The predicted molar refractivity (Wildman–Crippen MR) is 120 cm³/mol. The number of nitrogens with one attached hydrogen (secondary N) is 1. The number of para-hydroxylation sites is 2. The normalized spacial score (nSPS) is 11.7. The van der Waals surface area contributed by atoms with Crippen LogP contribution in [0.5, 0.6) is 5.75 Å². The highest BCUT2D eigenvalue weighted by molar-refractivity contribution is 7.92. The van der Waals surface area contributed by atoms with E-state index >= 15 is 0 Å². The van der Waals surface area contributed by atoms with Gasteiger partial charge < -0.3 is 14.5 Å². The van der Waals surface area contributed by atoms with Gasteiger partial charge in [-0.3, -0.25) is 4.79 Å². The van der Waals surface area contributed by atoms with Gasteiger partial charge in [-0.1, -0.05) is 42.5 Å². The average Bonchev–Trinajstić information content (AvgIpc) is 3.27. The van der Waals surface area contributed by atoms with Gasteiger partial charge in [-0.15, -0.1) is 0 Å². The standard InChI is InChI=1S/C23H24N2O5S/c1-2-29-22-13-7-6-12-21(22)24-23(26)18-25(17-20-11-8-15-30-20)31(27,28)16-14-19-9-4-3-5-10-19/h3-16H,2,17-18H2,1H3,(H,24,26)/b16-14+. The summed E-state index contributed by atoms with van der Waals surface area (Å²) in [5.74, 6) is 0.456. The molecule has 0 saturated heterocycles. The van der Waals surface area contributed by atoms with Crippen LogP contribution in [0.1, 0.15) is 18.2 Å². The zero-order valence-corrected chi connectivity index (χ0v) is 17.9. The Hall–Kier alpha value is -3.36. The van der Waals surface area contributed by atoms with E-state index in [2.05, 4.69) is 5.32 Å². The number of carbonyl (C=O) groups excluding carboxylic acids is 1. The maximum Gasteiger partial charge on any atom is 0.239 e. The molecule has 31 heavy (non-hydrogen) atoms. The van der Waals surface area contributed by atoms with Crippen LogP contribution in [0.3, 0.4) is 0 Å². The van der Waals surface area contributed by atoms with E-state index in [1.807, 2.05) is 25.1 Å². The molecule has 8 heteroatoms. The molecule has 1 N–H and O–H groups in total. The van der Waals surface area contributed by atoms with Gasteiger partial charge in [0.2, 0.25) is 15.9 Å². The second-order valence-electron chi connectivity index (χ2n) is 6.58. The number of hydrogen-bond donors (Lipinski definition) is 1. The summed E-state index contributed by atoms with van der Waals surface area (Å²) in [4.78, 5) is 12.7. The highest BCUT2D eigenvalue weighted by atomic mass is 32.2. The van der Waals surface area contributed by atoms with Crippen molar-refractivity contribution >= 4 is 27.7 Å². The first-order valence-electron chi connectivity index (χ1n) is 9.75. The molecule has 1 heterocycles. The highest BCUT2D eigenvalue weighted by Gasteiger charge is 2.24. The lowest BCUT2D eigenvalue weighted by atomic mass is 10.2. The van der Waals surface area contributed by atoms with Crippen LogP contribution in [0.15, 0.2) is 82.8 Å². The molecule has 3 aromatic rings. The summed E-state index contributed by atoms with van der Waals surface area (Å²) in [6.07, 6.45) is 2.95. The highest BCUT2D eigenvalue weighted by Crippen LogP contribution is 2.24. The van der Waals surface area contributed by atoms with Gasteiger partial charge in [0.1, 0.15) is 11.5 Å². The van der Waals surface area contributed by atoms with Gasteiger partial charge in [0, 0.05) is 5.41 Å². The Bertz CT molecular complexity index is 1110. The number of anilines is 1. The molecule has 3 rings (SSSR count). The molecule has 0 unspecified atom stereocenters. The van der Waals surface area contributed by atoms with E-state index in [1.165, 1.54) is 12.3 Å². The lowest BCUT2D eigenvalue weighted by Crippen LogP contribution is -2.36. The number of benzene rings is 2. The fraction of sp³-hybridized carbons (Fsp3) is 0.174. The van der Waals surface area contributed by atoms with Crippen LogP contribution in [0.2, 0.25) is 0 Å². The molecular weight excluding hydrogens is 416 g/mol. The fourth-order valence-corrected chi connectivity index (χ4v) is 3.93. The molecule has 0 saturated carbocycles. The Kier molecular flexibility index (Phi) is 7.64. The molecule has 1 aromatic heterocycles. The summed E-state index contributed by atoms with van der Waals surface area (Å²) >= 11 is 0. The molecule has 0 bridgehead atoms. The molecule has 0 fully saturated rings. The largest absolute Gasteiger partial charge is 0.492 e. The number of amides is 1. The molecule has 162 valence electrons. The van der Waals surface area contributed by atoms with Crippen LogP contribution in [0.25, 0.3) is 6.08 Å². The minimum Gasteiger partial charge on any atom is -0.492 e. The zero-order chi connectivity index (χ0) is 22.1. The zero-order valence-electron chi connectivity index (χ0n) is 17.1. The van der Waals surface area contributed by atoms with Crippen LogP contribution in [0.4, 0.5) is 5.69 Å². The number of furan rings is 1. The third kappa shape index (κ3) is 6.56. The van der Waals surface area contributed by atoms with Crippen molar-refractivity contribution in [2.24, 2.45) is 0 Å². The van der Waals surface area contributed by atoms with Crippen molar-refractivity contribution in [1.29, 1.82) is 0 Å². The van der Waals surface area contributed by atoms with E-state index in [1.54, 1.807) is 48.5 Å². The van der Waals surface area contributed by atoms with Crippen molar-refractivity contribution in [2.45, 2.75) is 13.5 Å². The summed E-state index contributed by atoms with van der Waals surface area (Å²) < 4.78 is 37.8. The van der Waals surface area contributed by atoms with Crippen molar-refractivity contribution in [3.8, 4) is 5.75 Å². The average molecular weight is 441 g/mol. The number of rotatable bonds is 10. The molecule has 0 aliphatic rings. The van der Waals surface area contributed by atoms with Gasteiger partial charge in [0.25, 0.3) is 0 Å². The first kappa shape index (κ1) is 22.3. The second-order valence-corrected chi connectivity index (χ2v) is 8.40. The van der Waals surface area contributed by atoms with E-state index < -0.39 is 15.9 Å². The minimum absolute atomic E-state index is 0.0744. The topological polar surface area (TPSA) is 88.8 Å². The van der Waals surface area contributed by atoms with Gasteiger partial charge >= 0.3 is 0 Å². The molecule has 0 atom stereocenters. The van der Waals surface area contributed by atoms with Crippen LogP contribution >= 0.6 is 0 Å². The Balaban J connectivity index is 1.79. The number of ether oxygens (including phenoxy) is 1. The molecule has 0 aliphatic carbocycles. The third-order valence-corrected chi connectivity index (χ3v) is 5.74. The number of carbonyl (C=O) groups is 1. The molecule has 7 nitrogen and oxygen atoms in total. The number of nitrogens with zero attached hydrogens (tertiary/aromatic N) is 1. The van der Waals surface area contributed by atoms with Crippen molar-refractivity contribution < 1.29 is 22.4 Å². The van der Waals surface area contributed by atoms with E-state index in [-0.39, 0.29) is 13.1 Å². The maximum atomic E-state index is 13.0. The van der Waals surface area contributed by atoms with Gasteiger partial charge in [-0.05, 0) is 42.8 Å². The van der Waals surface area contributed by atoms with Gasteiger partial charge in [0.15, 0.2) is 0 Å². The summed E-state index contributed by atoms with van der Waals surface area (Å²) in [5, 5.41) is 3.82. The van der Waals surface area contributed by atoms with Crippen LogP contribution in [0, 0.1) is 0 Å². The van der Waals surface area contributed by atoms with Crippen molar-refractivity contribution in [1.82, 2.24) is 4.31 Å². The number of hydrogen-bond acceptors (Lipinski definition) is 5. The Labute approximate surface area is 182 Å². The van der Waals surface area contributed by atoms with E-state index in [4.69, 9.17) is 9.15 Å². The first-order chi connectivity index (χ1) is 15.0. The lowest BCUT2D eigenvalue weighted by Gasteiger charge is -2.19. The van der Waals surface area contributed by atoms with E-state index in [9.17, 15) is 13.2 Å². The van der Waals surface area contributed by atoms with Crippen molar-refractivity contribution in [3.63, 3.8) is 0 Å². The second kappa shape index (κ2) is 10.6. The van der Waals surface area contributed by atoms with Crippen LogP contribution in [-0.4, -0.2) is 31.8 Å². The summed E-state index contributed by atoms with van der Waals surface area (Å²) in [6, 6.07) is 19.4. The Morgan fingerprint density at radius 3 is 2.52 bits per heavy atom. The van der Waals surface area contributed by atoms with E-state index in [0.717, 1.165) is 15.3 Å². The SMILES string of the molecule is CCOc1ccccc1NC(=O)CN(Cc1ccco1)S(=O)(=O)/C=C/c1ccccc1. The van der Waals surface area contributed by atoms with Gasteiger partial charge in [-0.25, -0.2) is 8.42 Å². The molecular formula is C23H24N2O5S. The molecule has 2 aromatic carbocycles. The van der Waals surface area contributed by atoms with Crippen molar-refractivity contribution in [2.75, 3.05) is 18.5 Å². The molecule has 1 amide bonds. The van der Waals surface area contributed by atoms with Gasteiger partial charge in [0.05, 0.1) is 31.6 Å². The van der Waals surface area contributed by atoms with Crippen LogP contribution < -0.4 is 10.1 Å². The smallest absolute Gasteiger partial charge is 0.239 e. The van der Waals surface area contributed by atoms with Crippen molar-refractivity contribution in [3.05, 3.63) is 89.7 Å². The predicted octanol–water partition coefficient (Wildman–Crippen LogP) is 4.12. The van der Waals surface area contributed by atoms with Gasteiger partial charge in [-0.2, -0.15) is 4.31 Å². The van der Waals surface area contributed by atoms with E-state index in [0.29, 0.717) is 23.8 Å². The molecule has 0 radical (unpaired) electrons. The maximum absolute atomic E-state index is 13.0. The molecule has 0 aliphatic heterocycles. The Morgan fingerprint density at radius 1 is 1.06 bits per heavy atom. The number of sulfonamides is 1.